The van der Waals surface area contributed by atoms with Gasteiger partial charge in [0.15, 0.2) is 0 Å². The van der Waals surface area contributed by atoms with E-state index in [1.54, 1.807) is 0 Å². The minimum absolute atomic E-state index is 0.0615. The molecule has 3 atom stereocenters. The van der Waals surface area contributed by atoms with Crippen LogP contribution in [0.3, 0.4) is 0 Å². The number of unbranched alkanes of at least 4 members (excludes halogenated alkanes) is 1. The smallest absolute Gasteiger partial charge is 0.305 e. The quantitative estimate of drug-likeness (QED) is 0.449. The number of carbonyl (C=O) groups is 1. The van der Waals surface area contributed by atoms with Gasteiger partial charge in [-0.15, -0.1) is 6.58 Å². The van der Waals surface area contributed by atoms with Gasteiger partial charge in [-0.3, -0.25) is 4.79 Å². The normalized spacial score (nSPS) is 26.6. The zero-order valence-corrected chi connectivity index (χ0v) is 11.3. The SMILES string of the molecule is C=CCCC1C(CCCC)C1COC(=O)CC. The van der Waals surface area contributed by atoms with E-state index in [1.807, 2.05) is 13.0 Å². The van der Waals surface area contributed by atoms with Crippen molar-refractivity contribution >= 4 is 5.97 Å². The summed E-state index contributed by atoms with van der Waals surface area (Å²) >= 11 is 0. The highest BCUT2D eigenvalue weighted by molar-refractivity contribution is 5.68. The number of ether oxygens (including phenoxy) is 1. The number of allylic oxidation sites excluding steroid dienone is 1. The van der Waals surface area contributed by atoms with Crippen LogP contribution >= 0.6 is 0 Å². The standard InChI is InChI=1S/C15H26O2/c1-4-7-9-12-13(10-8-5-2)14(12)11-17-15(16)6-3/h4,12-14H,1,5-11H2,2-3H3. The van der Waals surface area contributed by atoms with Crippen LogP contribution in [0.15, 0.2) is 12.7 Å². The molecule has 0 aromatic carbocycles. The van der Waals surface area contributed by atoms with Gasteiger partial charge in [-0.2, -0.15) is 0 Å². The summed E-state index contributed by atoms with van der Waals surface area (Å²) in [5.41, 5.74) is 0. The molecule has 1 aliphatic carbocycles. The van der Waals surface area contributed by atoms with E-state index in [0.717, 1.165) is 18.3 Å². The van der Waals surface area contributed by atoms with Crippen LogP contribution in [0.4, 0.5) is 0 Å². The minimum atomic E-state index is -0.0615. The summed E-state index contributed by atoms with van der Waals surface area (Å²) in [4.78, 5) is 11.1. The van der Waals surface area contributed by atoms with E-state index in [2.05, 4.69) is 13.5 Å². The van der Waals surface area contributed by atoms with E-state index in [0.29, 0.717) is 18.9 Å². The van der Waals surface area contributed by atoms with Gasteiger partial charge in [-0.25, -0.2) is 0 Å². The van der Waals surface area contributed by atoms with Gasteiger partial charge in [-0.1, -0.05) is 32.8 Å². The van der Waals surface area contributed by atoms with Crippen molar-refractivity contribution in [2.75, 3.05) is 6.61 Å². The number of carbonyl (C=O) groups excluding carboxylic acids is 1. The molecule has 2 heteroatoms. The Morgan fingerprint density at radius 3 is 2.53 bits per heavy atom. The molecule has 1 aliphatic rings. The Labute approximate surface area is 105 Å². The molecule has 98 valence electrons. The van der Waals surface area contributed by atoms with Crippen LogP contribution in [0.2, 0.25) is 0 Å². The molecule has 1 fully saturated rings. The Morgan fingerprint density at radius 2 is 1.94 bits per heavy atom. The van der Waals surface area contributed by atoms with Crippen LogP contribution in [0.1, 0.15) is 52.4 Å². The number of rotatable bonds is 9. The second-order valence-electron chi connectivity index (χ2n) is 5.04. The lowest BCUT2D eigenvalue weighted by Gasteiger charge is -2.02. The third-order valence-corrected chi connectivity index (χ3v) is 3.83. The lowest BCUT2D eigenvalue weighted by atomic mass is 10.1. The molecule has 0 spiro atoms. The Balaban J connectivity index is 2.29. The van der Waals surface area contributed by atoms with E-state index >= 15 is 0 Å². The highest BCUT2D eigenvalue weighted by Crippen LogP contribution is 2.52. The first-order valence-electron chi connectivity index (χ1n) is 7.01. The van der Waals surface area contributed by atoms with Gasteiger partial charge in [-0.05, 0) is 37.0 Å². The molecule has 0 heterocycles. The van der Waals surface area contributed by atoms with Crippen molar-refractivity contribution in [1.82, 2.24) is 0 Å². The molecule has 17 heavy (non-hydrogen) atoms. The van der Waals surface area contributed by atoms with Gasteiger partial charge in [0.1, 0.15) is 0 Å². The van der Waals surface area contributed by atoms with Crippen LogP contribution in [0, 0.1) is 17.8 Å². The monoisotopic (exact) mass is 238 g/mol. The summed E-state index contributed by atoms with van der Waals surface area (Å²) in [5.74, 6) is 2.12. The molecule has 0 amide bonds. The van der Waals surface area contributed by atoms with Gasteiger partial charge in [0, 0.05) is 6.42 Å². The molecule has 0 aromatic rings. The maximum atomic E-state index is 11.1. The summed E-state index contributed by atoms with van der Waals surface area (Å²) < 4.78 is 5.27. The average Bonchev–Trinajstić information content (AvgIpc) is 3.02. The van der Waals surface area contributed by atoms with Crippen LogP contribution in [0.5, 0.6) is 0 Å². The average molecular weight is 238 g/mol. The van der Waals surface area contributed by atoms with Crippen molar-refractivity contribution in [2.45, 2.75) is 52.4 Å². The van der Waals surface area contributed by atoms with E-state index in [1.165, 1.54) is 25.7 Å². The fourth-order valence-electron chi connectivity index (χ4n) is 2.67. The van der Waals surface area contributed by atoms with Gasteiger partial charge >= 0.3 is 5.97 Å². The van der Waals surface area contributed by atoms with E-state index < -0.39 is 0 Å². The van der Waals surface area contributed by atoms with Crippen molar-refractivity contribution < 1.29 is 9.53 Å². The van der Waals surface area contributed by atoms with Gasteiger partial charge in [0.25, 0.3) is 0 Å². The summed E-state index contributed by atoms with van der Waals surface area (Å²) in [5, 5.41) is 0. The summed E-state index contributed by atoms with van der Waals surface area (Å²) in [6, 6.07) is 0. The molecule has 3 unspecified atom stereocenters. The number of hydrogen-bond donors (Lipinski definition) is 0. The fraction of sp³-hybridized carbons (Fsp3) is 0.800. The second-order valence-corrected chi connectivity index (χ2v) is 5.04. The third-order valence-electron chi connectivity index (χ3n) is 3.83. The highest BCUT2D eigenvalue weighted by atomic mass is 16.5. The van der Waals surface area contributed by atoms with Crippen LogP contribution in [-0.2, 0) is 9.53 Å². The van der Waals surface area contributed by atoms with Crippen molar-refractivity contribution in [3.05, 3.63) is 12.7 Å². The van der Waals surface area contributed by atoms with E-state index in [-0.39, 0.29) is 5.97 Å². The maximum absolute atomic E-state index is 11.1. The Hall–Kier alpha value is -0.790. The molecular formula is C15H26O2. The zero-order chi connectivity index (χ0) is 12.7. The molecule has 0 aliphatic heterocycles. The van der Waals surface area contributed by atoms with Crippen molar-refractivity contribution in [1.29, 1.82) is 0 Å². The molecule has 0 aromatic heterocycles. The lowest BCUT2D eigenvalue weighted by molar-refractivity contribution is -0.143. The van der Waals surface area contributed by atoms with Crippen molar-refractivity contribution in [3.8, 4) is 0 Å². The maximum Gasteiger partial charge on any atom is 0.305 e. The first kappa shape index (κ1) is 14.3. The molecular weight excluding hydrogens is 212 g/mol. The Morgan fingerprint density at radius 1 is 1.24 bits per heavy atom. The van der Waals surface area contributed by atoms with Crippen LogP contribution in [0.25, 0.3) is 0 Å². The lowest BCUT2D eigenvalue weighted by Crippen LogP contribution is -2.06. The zero-order valence-electron chi connectivity index (χ0n) is 11.3. The Bertz CT molecular complexity index is 247. The summed E-state index contributed by atoms with van der Waals surface area (Å²) in [6.07, 6.45) is 8.64. The highest BCUT2D eigenvalue weighted by Gasteiger charge is 2.48. The second kappa shape index (κ2) is 7.52. The van der Waals surface area contributed by atoms with E-state index in [9.17, 15) is 4.79 Å². The van der Waals surface area contributed by atoms with Crippen LogP contribution < -0.4 is 0 Å². The first-order chi connectivity index (χ1) is 8.24. The topological polar surface area (TPSA) is 26.3 Å². The molecule has 0 bridgehead atoms. The largest absolute Gasteiger partial charge is 0.465 e. The summed E-state index contributed by atoms with van der Waals surface area (Å²) in [7, 11) is 0. The molecule has 0 radical (unpaired) electrons. The van der Waals surface area contributed by atoms with Gasteiger partial charge in [0.2, 0.25) is 0 Å². The van der Waals surface area contributed by atoms with Crippen molar-refractivity contribution in [2.24, 2.45) is 17.8 Å². The predicted molar refractivity (Wildman–Crippen MR) is 70.7 cm³/mol. The molecule has 1 rings (SSSR count). The number of esters is 1. The fourth-order valence-corrected chi connectivity index (χ4v) is 2.67. The Kier molecular flexibility index (Phi) is 6.31. The predicted octanol–water partition coefficient (Wildman–Crippen LogP) is 3.96. The minimum Gasteiger partial charge on any atom is -0.465 e. The van der Waals surface area contributed by atoms with Gasteiger partial charge in [0.05, 0.1) is 6.61 Å². The first-order valence-corrected chi connectivity index (χ1v) is 7.01. The van der Waals surface area contributed by atoms with Gasteiger partial charge < -0.3 is 4.74 Å². The molecule has 0 N–H and O–H groups in total. The third kappa shape index (κ3) is 4.53. The molecule has 2 nitrogen and oxygen atoms in total. The molecule has 1 saturated carbocycles. The summed E-state index contributed by atoms with van der Waals surface area (Å²) in [6.45, 7) is 8.49. The molecule has 0 saturated heterocycles. The number of hydrogen-bond acceptors (Lipinski definition) is 2. The van der Waals surface area contributed by atoms with E-state index in [4.69, 9.17) is 4.74 Å². The van der Waals surface area contributed by atoms with Crippen molar-refractivity contribution in [3.63, 3.8) is 0 Å². The van der Waals surface area contributed by atoms with Crippen LogP contribution in [-0.4, -0.2) is 12.6 Å².